The first-order valence-corrected chi connectivity index (χ1v) is 10.4. The van der Waals surface area contributed by atoms with Crippen molar-refractivity contribution >= 4 is 17.3 Å². The molecule has 0 bridgehead atoms. The minimum Gasteiger partial charge on any atom is -0.469 e. The van der Waals surface area contributed by atoms with Gasteiger partial charge in [-0.1, -0.05) is 19.4 Å². The van der Waals surface area contributed by atoms with Crippen LogP contribution in [0.25, 0.3) is 0 Å². The second kappa shape index (κ2) is 12.5. The van der Waals surface area contributed by atoms with Crippen LogP contribution in [0, 0.1) is 5.92 Å². The molecule has 0 saturated carbocycles. The molecule has 0 amide bonds. The van der Waals surface area contributed by atoms with Crippen LogP contribution in [0.2, 0.25) is 0 Å². The van der Waals surface area contributed by atoms with Gasteiger partial charge in [0, 0.05) is 37.5 Å². The third-order valence-electron chi connectivity index (χ3n) is 4.23. The van der Waals surface area contributed by atoms with Crippen LogP contribution < -0.4 is 10.6 Å². The Balaban J connectivity index is 1.84. The predicted octanol–water partition coefficient (Wildman–Crippen LogP) is 3.46. The summed E-state index contributed by atoms with van der Waals surface area (Å²) in [5, 5.41) is 18.2. The largest absolute Gasteiger partial charge is 0.469 e. The fourth-order valence-corrected chi connectivity index (χ4v) is 3.54. The highest BCUT2D eigenvalue weighted by molar-refractivity contribution is 7.09. The Labute approximate surface area is 160 Å². The van der Waals surface area contributed by atoms with E-state index in [0.29, 0.717) is 5.92 Å². The molecule has 0 spiro atoms. The van der Waals surface area contributed by atoms with Crippen molar-refractivity contribution in [1.29, 1.82) is 0 Å². The van der Waals surface area contributed by atoms with Crippen molar-refractivity contribution in [3.63, 3.8) is 0 Å². The van der Waals surface area contributed by atoms with E-state index in [0.717, 1.165) is 63.5 Å². The van der Waals surface area contributed by atoms with E-state index in [2.05, 4.69) is 35.1 Å². The lowest BCUT2D eigenvalue weighted by Crippen LogP contribution is -2.39. The van der Waals surface area contributed by atoms with Crippen LogP contribution in [0.15, 0.2) is 45.3 Å². The highest BCUT2D eigenvalue weighted by Crippen LogP contribution is 2.11. The zero-order valence-corrected chi connectivity index (χ0v) is 16.4. The molecule has 1 unspecified atom stereocenters. The number of guanidine groups is 1. The van der Waals surface area contributed by atoms with E-state index in [1.165, 1.54) is 4.88 Å². The van der Waals surface area contributed by atoms with Crippen LogP contribution in [0.1, 0.15) is 36.8 Å². The van der Waals surface area contributed by atoms with Gasteiger partial charge in [0.1, 0.15) is 5.76 Å². The topological polar surface area (TPSA) is 69.8 Å². The summed E-state index contributed by atoms with van der Waals surface area (Å²) in [5.74, 6) is 2.25. The lowest BCUT2D eigenvalue weighted by atomic mass is 10.0. The van der Waals surface area contributed by atoms with Gasteiger partial charge in [0.2, 0.25) is 0 Å². The normalized spacial score (nSPS) is 12.9. The van der Waals surface area contributed by atoms with E-state index in [1.54, 1.807) is 17.6 Å². The first-order chi connectivity index (χ1) is 12.8. The van der Waals surface area contributed by atoms with Crippen LogP contribution in [0.5, 0.6) is 0 Å². The summed E-state index contributed by atoms with van der Waals surface area (Å²) in [6.07, 6.45) is 6.55. The minimum atomic E-state index is 0.229. The molecule has 0 aliphatic rings. The van der Waals surface area contributed by atoms with Crippen molar-refractivity contribution in [3.05, 3.63) is 46.5 Å². The molecule has 2 aromatic heterocycles. The highest BCUT2D eigenvalue weighted by Gasteiger charge is 2.08. The summed E-state index contributed by atoms with van der Waals surface area (Å²) in [7, 11) is 0. The number of aliphatic imine (C=N–C) groups is 1. The van der Waals surface area contributed by atoms with Crippen LogP contribution in [0.3, 0.4) is 0 Å². The molecule has 26 heavy (non-hydrogen) atoms. The second-order valence-corrected chi connectivity index (χ2v) is 7.40. The van der Waals surface area contributed by atoms with E-state index in [4.69, 9.17) is 9.41 Å². The summed E-state index contributed by atoms with van der Waals surface area (Å²) in [6, 6.07) is 8.14. The summed E-state index contributed by atoms with van der Waals surface area (Å²) in [5.41, 5.74) is 0. The van der Waals surface area contributed by atoms with Crippen LogP contribution in [0.4, 0.5) is 0 Å². The Kier molecular flexibility index (Phi) is 9.90. The molecule has 0 aliphatic heterocycles. The maximum Gasteiger partial charge on any atom is 0.191 e. The van der Waals surface area contributed by atoms with Crippen molar-refractivity contribution in [1.82, 2.24) is 10.6 Å². The van der Waals surface area contributed by atoms with Gasteiger partial charge in [0.15, 0.2) is 5.96 Å². The van der Waals surface area contributed by atoms with Crippen molar-refractivity contribution in [2.75, 3.05) is 26.2 Å². The molecule has 144 valence electrons. The van der Waals surface area contributed by atoms with Crippen LogP contribution in [-0.4, -0.2) is 37.3 Å². The van der Waals surface area contributed by atoms with E-state index >= 15 is 0 Å². The quantitative estimate of drug-likeness (QED) is 0.391. The lowest BCUT2D eigenvalue weighted by molar-refractivity contribution is 0.253. The molecule has 6 heteroatoms. The number of nitrogens with one attached hydrogen (secondary N) is 2. The lowest BCUT2D eigenvalue weighted by Gasteiger charge is -2.15. The minimum absolute atomic E-state index is 0.229. The van der Waals surface area contributed by atoms with Crippen molar-refractivity contribution in [2.45, 2.75) is 39.0 Å². The number of aliphatic hydroxyl groups is 1. The van der Waals surface area contributed by atoms with Gasteiger partial charge >= 0.3 is 0 Å². The zero-order valence-electron chi connectivity index (χ0n) is 15.6. The van der Waals surface area contributed by atoms with Crippen LogP contribution in [-0.2, 0) is 12.8 Å². The van der Waals surface area contributed by atoms with Gasteiger partial charge in [-0.3, -0.25) is 4.99 Å². The SMILES string of the molecule is CCCC(CCO)CN=C(NCCc1ccco1)NCCc1cccs1. The van der Waals surface area contributed by atoms with Crippen molar-refractivity contribution < 1.29 is 9.52 Å². The number of aliphatic hydroxyl groups excluding tert-OH is 1. The Morgan fingerprint density at radius 1 is 1.19 bits per heavy atom. The molecular formula is C20H31N3O2S. The van der Waals surface area contributed by atoms with Gasteiger partial charge in [0.25, 0.3) is 0 Å². The first kappa shape index (κ1) is 20.5. The number of hydrogen-bond donors (Lipinski definition) is 3. The van der Waals surface area contributed by atoms with E-state index in [1.807, 2.05) is 12.1 Å². The molecule has 2 aromatic rings. The summed E-state index contributed by atoms with van der Waals surface area (Å²) in [4.78, 5) is 6.13. The van der Waals surface area contributed by atoms with E-state index < -0.39 is 0 Å². The monoisotopic (exact) mass is 377 g/mol. The van der Waals surface area contributed by atoms with Gasteiger partial charge in [-0.15, -0.1) is 11.3 Å². The molecule has 0 aliphatic carbocycles. The maximum atomic E-state index is 9.23. The molecule has 3 N–H and O–H groups in total. The maximum absolute atomic E-state index is 9.23. The fraction of sp³-hybridized carbons (Fsp3) is 0.550. The summed E-state index contributed by atoms with van der Waals surface area (Å²) < 4.78 is 5.38. The average molecular weight is 378 g/mol. The van der Waals surface area contributed by atoms with Gasteiger partial charge < -0.3 is 20.2 Å². The smallest absolute Gasteiger partial charge is 0.191 e. The number of hydrogen-bond acceptors (Lipinski definition) is 4. The third-order valence-corrected chi connectivity index (χ3v) is 5.17. The van der Waals surface area contributed by atoms with Gasteiger partial charge in [-0.25, -0.2) is 0 Å². The number of furan rings is 1. The molecule has 0 aromatic carbocycles. The van der Waals surface area contributed by atoms with Gasteiger partial charge in [-0.05, 0) is 48.8 Å². The molecule has 1 atom stereocenters. The van der Waals surface area contributed by atoms with Crippen molar-refractivity contribution in [2.24, 2.45) is 10.9 Å². The highest BCUT2D eigenvalue weighted by atomic mass is 32.1. The number of nitrogens with zero attached hydrogens (tertiary/aromatic N) is 1. The van der Waals surface area contributed by atoms with Crippen molar-refractivity contribution in [3.8, 4) is 0 Å². The Morgan fingerprint density at radius 3 is 2.69 bits per heavy atom. The molecule has 5 nitrogen and oxygen atoms in total. The third kappa shape index (κ3) is 8.06. The van der Waals surface area contributed by atoms with E-state index in [9.17, 15) is 5.11 Å². The van der Waals surface area contributed by atoms with Crippen LogP contribution >= 0.6 is 11.3 Å². The number of rotatable bonds is 12. The predicted molar refractivity (Wildman–Crippen MR) is 109 cm³/mol. The van der Waals surface area contributed by atoms with E-state index in [-0.39, 0.29) is 6.61 Å². The summed E-state index contributed by atoms with van der Waals surface area (Å²) in [6.45, 7) is 4.77. The van der Waals surface area contributed by atoms with Gasteiger partial charge in [0.05, 0.1) is 6.26 Å². The standard InChI is InChI=1S/C20H31N3O2S/c1-2-5-17(10-13-24)16-23-20(21-11-8-18-6-3-14-25-18)22-12-9-19-7-4-15-26-19/h3-4,6-7,14-15,17,24H,2,5,8-13,16H2,1H3,(H2,21,22,23). The summed E-state index contributed by atoms with van der Waals surface area (Å²) >= 11 is 1.78. The second-order valence-electron chi connectivity index (χ2n) is 6.37. The molecule has 2 rings (SSSR count). The molecule has 0 radical (unpaired) electrons. The Bertz CT molecular complexity index is 548. The molecule has 2 heterocycles. The number of thiophene rings is 1. The Morgan fingerprint density at radius 2 is 2.04 bits per heavy atom. The molecule has 0 fully saturated rings. The molecular weight excluding hydrogens is 346 g/mol. The zero-order chi connectivity index (χ0) is 18.5. The first-order valence-electron chi connectivity index (χ1n) is 9.49. The fourth-order valence-electron chi connectivity index (χ4n) is 2.83. The Hall–Kier alpha value is -1.79. The van der Waals surface area contributed by atoms with Gasteiger partial charge in [-0.2, -0.15) is 0 Å². The average Bonchev–Trinajstić information content (AvgIpc) is 3.33. The molecule has 0 saturated heterocycles.